The predicted molar refractivity (Wildman–Crippen MR) is 89.8 cm³/mol. The van der Waals surface area contributed by atoms with Gasteiger partial charge >= 0.3 is 0 Å². The molecule has 1 atom stereocenters. The number of nitrogens with two attached hydrogens (primary N) is 1. The summed E-state index contributed by atoms with van der Waals surface area (Å²) in [6.45, 7) is 2.58. The molecule has 0 radical (unpaired) electrons. The van der Waals surface area contributed by atoms with Crippen LogP contribution in [0.2, 0.25) is 0 Å². The number of benzene rings is 1. The van der Waals surface area contributed by atoms with Gasteiger partial charge in [-0.2, -0.15) is 0 Å². The first-order valence-corrected chi connectivity index (χ1v) is 7.93. The van der Waals surface area contributed by atoms with Gasteiger partial charge in [-0.25, -0.2) is 0 Å². The molecule has 2 rings (SSSR count). The topological polar surface area (TPSA) is 72.6 Å². The first-order chi connectivity index (χ1) is 11.0. The fraction of sp³-hybridized carbons (Fsp3) is 0.444. The van der Waals surface area contributed by atoms with Gasteiger partial charge in [0.05, 0.1) is 7.11 Å². The number of amides is 2. The Bertz CT molecular complexity index is 610. The molecule has 2 amide bonds. The maximum absolute atomic E-state index is 12.6. The Kier molecular flexibility index (Phi) is 5.79. The molecule has 0 saturated carbocycles. The van der Waals surface area contributed by atoms with Crippen LogP contribution in [0.4, 0.5) is 0 Å². The van der Waals surface area contributed by atoms with Crippen molar-refractivity contribution in [3.8, 4) is 5.75 Å². The number of primary amides is 1. The first-order valence-electron chi connectivity index (χ1n) is 7.93. The van der Waals surface area contributed by atoms with E-state index in [1.54, 1.807) is 18.1 Å². The highest BCUT2D eigenvalue weighted by atomic mass is 16.5. The van der Waals surface area contributed by atoms with E-state index in [1.807, 2.05) is 31.2 Å². The van der Waals surface area contributed by atoms with Gasteiger partial charge in [0.2, 0.25) is 11.8 Å². The molecule has 1 aromatic rings. The van der Waals surface area contributed by atoms with E-state index in [2.05, 4.69) is 0 Å². The summed E-state index contributed by atoms with van der Waals surface area (Å²) in [4.78, 5) is 25.6. The zero-order valence-electron chi connectivity index (χ0n) is 13.7. The SMILES string of the molecule is COc1cccc(C(C)=CC(=O)N2CCCCC2CC(N)=O)c1. The van der Waals surface area contributed by atoms with Gasteiger partial charge in [-0.3, -0.25) is 9.59 Å². The van der Waals surface area contributed by atoms with Crippen LogP contribution in [0.5, 0.6) is 5.75 Å². The molecule has 1 heterocycles. The van der Waals surface area contributed by atoms with Gasteiger partial charge in [-0.05, 0) is 49.5 Å². The number of carbonyl (C=O) groups excluding carboxylic acids is 2. The number of carbonyl (C=O) groups is 2. The molecule has 5 heteroatoms. The zero-order chi connectivity index (χ0) is 16.8. The second-order valence-electron chi connectivity index (χ2n) is 5.91. The van der Waals surface area contributed by atoms with Gasteiger partial charge in [-0.15, -0.1) is 0 Å². The summed E-state index contributed by atoms with van der Waals surface area (Å²) < 4.78 is 5.21. The van der Waals surface area contributed by atoms with E-state index in [0.29, 0.717) is 6.54 Å². The second-order valence-corrected chi connectivity index (χ2v) is 5.91. The summed E-state index contributed by atoms with van der Waals surface area (Å²) in [7, 11) is 1.62. The molecule has 5 nitrogen and oxygen atoms in total. The molecule has 1 saturated heterocycles. The van der Waals surface area contributed by atoms with Crippen molar-refractivity contribution in [2.24, 2.45) is 5.73 Å². The minimum atomic E-state index is -0.358. The van der Waals surface area contributed by atoms with Gasteiger partial charge in [0.15, 0.2) is 0 Å². The Morgan fingerprint density at radius 3 is 2.87 bits per heavy atom. The highest BCUT2D eigenvalue weighted by Gasteiger charge is 2.26. The number of piperidine rings is 1. The monoisotopic (exact) mass is 316 g/mol. The van der Waals surface area contributed by atoms with Crippen molar-refractivity contribution >= 4 is 17.4 Å². The fourth-order valence-electron chi connectivity index (χ4n) is 2.95. The van der Waals surface area contributed by atoms with Crippen LogP contribution in [0, 0.1) is 0 Å². The minimum absolute atomic E-state index is 0.0590. The van der Waals surface area contributed by atoms with Crippen molar-refractivity contribution in [3.63, 3.8) is 0 Å². The summed E-state index contributed by atoms with van der Waals surface area (Å²) in [5, 5.41) is 0. The number of nitrogens with zero attached hydrogens (tertiary/aromatic N) is 1. The van der Waals surface area contributed by atoms with Crippen LogP contribution >= 0.6 is 0 Å². The summed E-state index contributed by atoms with van der Waals surface area (Å²) in [5.41, 5.74) is 7.12. The third kappa shape index (κ3) is 4.58. The minimum Gasteiger partial charge on any atom is -0.497 e. The average Bonchev–Trinajstić information content (AvgIpc) is 2.54. The van der Waals surface area contributed by atoms with E-state index in [-0.39, 0.29) is 24.3 Å². The molecule has 0 aliphatic carbocycles. The van der Waals surface area contributed by atoms with Gasteiger partial charge in [0.25, 0.3) is 0 Å². The molecule has 2 N–H and O–H groups in total. The van der Waals surface area contributed by atoms with Crippen LogP contribution in [0.1, 0.15) is 38.2 Å². The Morgan fingerprint density at radius 1 is 1.39 bits per heavy atom. The fourth-order valence-corrected chi connectivity index (χ4v) is 2.95. The van der Waals surface area contributed by atoms with Crippen molar-refractivity contribution in [2.45, 2.75) is 38.6 Å². The van der Waals surface area contributed by atoms with Gasteiger partial charge in [0.1, 0.15) is 5.75 Å². The predicted octanol–water partition coefficient (Wildman–Crippen LogP) is 2.35. The lowest BCUT2D eigenvalue weighted by atomic mass is 9.98. The van der Waals surface area contributed by atoms with Crippen molar-refractivity contribution in [3.05, 3.63) is 35.9 Å². The molecule has 124 valence electrons. The molecule has 1 fully saturated rings. The van der Waals surface area contributed by atoms with Gasteiger partial charge in [-0.1, -0.05) is 12.1 Å². The maximum Gasteiger partial charge on any atom is 0.247 e. The number of rotatable bonds is 5. The van der Waals surface area contributed by atoms with Crippen LogP contribution in [0.25, 0.3) is 5.57 Å². The highest BCUT2D eigenvalue weighted by Crippen LogP contribution is 2.23. The molecule has 1 aliphatic heterocycles. The Hall–Kier alpha value is -2.30. The molecule has 0 spiro atoms. The molecular formula is C18H24N2O3. The summed E-state index contributed by atoms with van der Waals surface area (Å²) >= 11 is 0. The quantitative estimate of drug-likeness (QED) is 0.848. The summed E-state index contributed by atoms with van der Waals surface area (Å²) in [6.07, 6.45) is 4.69. The number of ether oxygens (including phenoxy) is 1. The van der Waals surface area contributed by atoms with Crippen molar-refractivity contribution in [1.82, 2.24) is 4.90 Å². The summed E-state index contributed by atoms with van der Waals surface area (Å²) in [5.74, 6) is 0.340. The Labute approximate surface area is 137 Å². The molecule has 1 aliphatic rings. The van der Waals surface area contributed by atoms with E-state index >= 15 is 0 Å². The second kappa shape index (κ2) is 7.81. The standard InChI is InChI=1S/C18H24N2O3/c1-13(14-6-5-8-16(11-14)23-2)10-18(22)20-9-4-3-7-15(20)12-17(19)21/h5-6,8,10-11,15H,3-4,7,9,12H2,1-2H3,(H2,19,21). The van der Waals surface area contributed by atoms with Crippen LogP contribution < -0.4 is 10.5 Å². The smallest absolute Gasteiger partial charge is 0.247 e. The third-order valence-corrected chi connectivity index (χ3v) is 4.21. The van der Waals surface area contributed by atoms with E-state index < -0.39 is 0 Å². The lowest BCUT2D eigenvalue weighted by Gasteiger charge is -2.34. The molecule has 0 bridgehead atoms. The van der Waals surface area contributed by atoms with Crippen LogP contribution in [0.3, 0.4) is 0 Å². The number of hydrogen-bond acceptors (Lipinski definition) is 3. The average molecular weight is 316 g/mol. The van der Waals surface area contributed by atoms with Crippen molar-refractivity contribution < 1.29 is 14.3 Å². The van der Waals surface area contributed by atoms with Crippen LogP contribution in [-0.2, 0) is 9.59 Å². The molecule has 23 heavy (non-hydrogen) atoms. The van der Waals surface area contributed by atoms with E-state index in [0.717, 1.165) is 36.1 Å². The highest BCUT2D eigenvalue weighted by molar-refractivity contribution is 5.95. The third-order valence-electron chi connectivity index (χ3n) is 4.21. The van der Waals surface area contributed by atoms with Crippen LogP contribution in [-0.4, -0.2) is 36.4 Å². The molecular weight excluding hydrogens is 292 g/mol. The normalized spacial score (nSPS) is 18.6. The van der Waals surface area contributed by atoms with Crippen molar-refractivity contribution in [1.29, 1.82) is 0 Å². The lowest BCUT2D eigenvalue weighted by Crippen LogP contribution is -2.44. The maximum atomic E-state index is 12.6. The Morgan fingerprint density at radius 2 is 2.17 bits per heavy atom. The number of likely N-dealkylation sites (tertiary alicyclic amines) is 1. The van der Waals surface area contributed by atoms with Crippen LogP contribution in [0.15, 0.2) is 30.3 Å². The number of methoxy groups -OCH3 is 1. The molecule has 1 aromatic carbocycles. The lowest BCUT2D eigenvalue weighted by molar-refractivity contribution is -0.130. The number of allylic oxidation sites excluding steroid dienone is 1. The van der Waals surface area contributed by atoms with Gasteiger partial charge < -0.3 is 15.4 Å². The summed E-state index contributed by atoms with van der Waals surface area (Å²) in [6, 6.07) is 7.52. The van der Waals surface area contributed by atoms with Crippen molar-refractivity contribution in [2.75, 3.05) is 13.7 Å². The van der Waals surface area contributed by atoms with E-state index in [4.69, 9.17) is 10.5 Å². The molecule has 1 unspecified atom stereocenters. The van der Waals surface area contributed by atoms with E-state index in [1.165, 1.54) is 0 Å². The number of hydrogen-bond donors (Lipinski definition) is 1. The van der Waals surface area contributed by atoms with E-state index in [9.17, 15) is 9.59 Å². The Balaban J connectivity index is 2.15. The van der Waals surface area contributed by atoms with Gasteiger partial charge in [0, 0.05) is 25.1 Å². The zero-order valence-corrected chi connectivity index (χ0v) is 13.7. The largest absolute Gasteiger partial charge is 0.497 e. The first kappa shape index (κ1) is 17.1. The molecule has 0 aromatic heterocycles.